The number of carbonyl (C=O) groups is 1. The number of hydrogen-bond acceptors (Lipinski definition) is 7. The first-order valence-electron chi connectivity index (χ1n) is 10.2. The molecule has 0 atom stereocenters. The summed E-state index contributed by atoms with van der Waals surface area (Å²) in [6.45, 7) is 0. The van der Waals surface area contributed by atoms with Crippen molar-refractivity contribution >= 4 is 32.6 Å². The number of hydrogen-bond donors (Lipinski definition) is 2. The maximum Gasteiger partial charge on any atom is 0.276 e. The summed E-state index contributed by atoms with van der Waals surface area (Å²) in [5, 5.41) is 7.01. The van der Waals surface area contributed by atoms with E-state index in [-0.39, 0.29) is 27.4 Å². The molecule has 0 fully saturated rings. The van der Waals surface area contributed by atoms with Gasteiger partial charge >= 0.3 is 0 Å². The van der Waals surface area contributed by atoms with Crippen LogP contribution in [0, 0.1) is 5.82 Å². The van der Waals surface area contributed by atoms with Crippen LogP contribution in [0.3, 0.4) is 0 Å². The summed E-state index contributed by atoms with van der Waals surface area (Å²) in [6, 6.07) is 17.7. The summed E-state index contributed by atoms with van der Waals surface area (Å²) in [7, 11) is -1.36. The Labute approximate surface area is 199 Å². The van der Waals surface area contributed by atoms with Gasteiger partial charge in [0, 0.05) is 17.1 Å². The monoisotopic (exact) mass is 497 g/mol. The molecule has 0 saturated heterocycles. The third-order valence-electron chi connectivity index (χ3n) is 4.92. The van der Waals surface area contributed by atoms with Gasteiger partial charge in [0.15, 0.2) is 11.5 Å². The number of anilines is 1. The van der Waals surface area contributed by atoms with Gasteiger partial charge in [-0.1, -0.05) is 24.3 Å². The first-order chi connectivity index (χ1) is 16.8. The van der Waals surface area contributed by atoms with Crippen LogP contribution in [0.4, 0.5) is 10.1 Å². The molecule has 0 aliphatic heterocycles. The van der Waals surface area contributed by atoms with E-state index >= 15 is 0 Å². The predicted molar refractivity (Wildman–Crippen MR) is 126 cm³/mol. The number of carbonyl (C=O) groups excluding carboxylic acids is 1. The molecule has 0 bridgehead atoms. The van der Waals surface area contributed by atoms with E-state index in [2.05, 4.69) is 15.2 Å². The van der Waals surface area contributed by atoms with Crippen molar-refractivity contribution in [1.29, 1.82) is 0 Å². The number of sulfonamides is 1. The Bertz CT molecular complexity index is 1580. The highest BCUT2D eigenvalue weighted by Gasteiger charge is 2.18. The van der Waals surface area contributed by atoms with E-state index in [0.717, 1.165) is 6.07 Å². The van der Waals surface area contributed by atoms with Gasteiger partial charge in [-0.25, -0.2) is 4.39 Å². The van der Waals surface area contributed by atoms with Gasteiger partial charge in [0.2, 0.25) is 5.55 Å². The number of halogens is 1. The smallest absolute Gasteiger partial charge is 0.276 e. The van der Waals surface area contributed by atoms with Crippen LogP contribution in [0.1, 0.15) is 10.4 Å². The minimum atomic E-state index is -4.17. The number of nitrogens with zero attached hydrogens (tertiary/aromatic N) is 1. The Morgan fingerprint density at radius 2 is 1.71 bits per heavy atom. The van der Waals surface area contributed by atoms with Gasteiger partial charge in [-0.05, 0) is 42.5 Å². The van der Waals surface area contributed by atoms with Gasteiger partial charge < -0.3 is 19.2 Å². The van der Waals surface area contributed by atoms with E-state index < -0.39 is 21.7 Å². The summed E-state index contributed by atoms with van der Waals surface area (Å²) in [4.78, 5) is 14.9. The quantitative estimate of drug-likeness (QED) is 0.377. The standard InChI is InChI=1S/C24H20FN3O6S/c1-32-21-11-10-18(14-22(21)33-2)35(30,31)28-27-24-19(12-15-6-3-4-9-20(15)34-24)23(29)26-17-8-5-7-16(25)13-17/h3-14,28H,1-2H3,(H,26,29)/b27-24-. The first-order valence-corrected chi connectivity index (χ1v) is 11.7. The molecule has 2 N–H and O–H groups in total. The molecule has 1 aromatic heterocycles. The Kier molecular flexibility index (Phi) is 6.69. The van der Waals surface area contributed by atoms with Crippen LogP contribution in [-0.2, 0) is 10.0 Å². The second-order valence-corrected chi connectivity index (χ2v) is 8.85. The van der Waals surface area contributed by atoms with Crippen molar-refractivity contribution in [3.05, 3.63) is 89.7 Å². The topological polar surface area (TPSA) is 119 Å². The van der Waals surface area contributed by atoms with Crippen molar-refractivity contribution in [2.75, 3.05) is 19.5 Å². The molecule has 1 heterocycles. The highest BCUT2D eigenvalue weighted by molar-refractivity contribution is 7.89. The summed E-state index contributed by atoms with van der Waals surface area (Å²) in [6.07, 6.45) is 0. The molecule has 0 saturated carbocycles. The number of ether oxygens (including phenoxy) is 2. The van der Waals surface area contributed by atoms with Gasteiger partial charge in [-0.2, -0.15) is 13.2 Å². The largest absolute Gasteiger partial charge is 0.493 e. The van der Waals surface area contributed by atoms with Crippen LogP contribution in [0.25, 0.3) is 11.0 Å². The number of methoxy groups -OCH3 is 2. The lowest BCUT2D eigenvalue weighted by Gasteiger charge is -2.10. The Morgan fingerprint density at radius 1 is 0.943 bits per heavy atom. The number of para-hydroxylation sites is 1. The third-order valence-corrected chi connectivity index (χ3v) is 6.12. The summed E-state index contributed by atoms with van der Waals surface area (Å²) >= 11 is 0. The van der Waals surface area contributed by atoms with Crippen LogP contribution >= 0.6 is 0 Å². The molecule has 1 amide bonds. The van der Waals surface area contributed by atoms with E-state index in [0.29, 0.717) is 16.7 Å². The molecule has 0 aliphatic rings. The lowest BCUT2D eigenvalue weighted by molar-refractivity contribution is 0.102. The Morgan fingerprint density at radius 3 is 2.46 bits per heavy atom. The average molecular weight is 498 g/mol. The maximum atomic E-state index is 13.5. The third kappa shape index (κ3) is 5.25. The van der Waals surface area contributed by atoms with Crippen molar-refractivity contribution in [3.8, 4) is 11.5 Å². The van der Waals surface area contributed by atoms with Crippen molar-refractivity contribution in [2.45, 2.75) is 4.90 Å². The van der Waals surface area contributed by atoms with Gasteiger partial charge in [-0.15, -0.1) is 5.10 Å². The molecular formula is C24H20FN3O6S. The van der Waals surface area contributed by atoms with Crippen molar-refractivity contribution in [3.63, 3.8) is 0 Å². The molecule has 4 aromatic rings. The normalized spacial score (nSPS) is 11.8. The Balaban J connectivity index is 1.74. The van der Waals surface area contributed by atoms with Gasteiger partial charge in [-0.3, -0.25) is 4.79 Å². The highest BCUT2D eigenvalue weighted by Crippen LogP contribution is 2.29. The maximum absolute atomic E-state index is 13.5. The van der Waals surface area contributed by atoms with Gasteiger partial charge in [0.1, 0.15) is 17.0 Å². The van der Waals surface area contributed by atoms with Crippen LogP contribution in [0.5, 0.6) is 11.5 Å². The molecule has 11 heteroatoms. The second kappa shape index (κ2) is 9.85. The fourth-order valence-corrected chi connectivity index (χ4v) is 4.04. The van der Waals surface area contributed by atoms with Gasteiger partial charge in [0.25, 0.3) is 15.9 Å². The molecule has 0 aliphatic carbocycles. The average Bonchev–Trinajstić information content (AvgIpc) is 2.86. The molecule has 0 unspecified atom stereocenters. The number of benzene rings is 3. The van der Waals surface area contributed by atoms with Crippen LogP contribution < -0.4 is 25.2 Å². The van der Waals surface area contributed by atoms with Crippen molar-refractivity contribution < 1.29 is 31.5 Å². The number of nitrogens with one attached hydrogen (secondary N) is 2. The van der Waals surface area contributed by atoms with E-state index in [1.165, 1.54) is 56.7 Å². The zero-order chi connectivity index (χ0) is 25.0. The molecular weight excluding hydrogens is 477 g/mol. The predicted octanol–water partition coefficient (Wildman–Crippen LogP) is 3.64. The minimum Gasteiger partial charge on any atom is -0.493 e. The molecule has 9 nitrogen and oxygen atoms in total. The fourth-order valence-electron chi connectivity index (χ4n) is 3.22. The molecule has 35 heavy (non-hydrogen) atoms. The lowest BCUT2D eigenvalue weighted by Crippen LogP contribution is -2.27. The first kappa shape index (κ1) is 23.8. The van der Waals surface area contributed by atoms with E-state index in [1.54, 1.807) is 24.3 Å². The van der Waals surface area contributed by atoms with Crippen LogP contribution in [-0.4, -0.2) is 28.5 Å². The SMILES string of the molecule is COc1ccc(S(=O)(=O)N/N=c2\oc3ccccc3cc2C(=O)Nc2cccc(F)c2)cc1OC. The molecule has 0 spiro atoms. The van der Waals surface area contributed by atoms with E-state index in [9.17, 15) is 17.6 Å². The van der Waals surface area contributed by atoms with E-state index in [1.807, 2.05) is 0 Å². The number of amides is 1. The lowest BCUT2D eigenvalue weighted by atomic mass is 10.1. The highest BCUT2D eigenvalue weighted by atomic mass is 32.2. The van der Waals surface area contributed by atoms with Crippen molar-refractivity contribution in [1.82, 2.24) is 4.83 Å². The minimum absolute atomic E-state index is 0.0667. The molecule has 4 rings (SSSR count). The van der Waals surface area contributed by atoms with Crippen molar-refractivity contribution in [2.24, 2.45) is 5.10 Å². The molecule has 3 aromatic carbocycles. The molecule has 180 valence electrons. The number of rotatable bonds is 7. The zero-order valence-electron chi connectivity index (χ0n) is 18.6. The molecule has 0 radical (unpaired) electrons. The van der Waals surface area contributed by atoms with Crippen LogP contribution in [0.2, 0.25) is 0 Å². The zero-order valence-corrected chi connectivity index (χ0v) is 19.4. The second-order valence-electron chi connectivity index (χ2n) is 7.19. The van der Waals surface area contributed by atoms with Crippen LogP contribution in [0.15, 0.2) is 87.2 Å². The summed E-state index contributed by atoms with van der Waals surface area (Å²) < 4.78 is 55.3. The fraction of sp³-hybridized carbons (Fsp3) is 0.0833. The summed E-state index contributed by atoms with van der Waals surface area (Å²) in [5.41, 5.74) is 0.225. The number of fused-ring (bicyclic) bond motifs is 1. The van der Waals surface area contributed by atoms with Gasteiger partial charge in [0.05, 0.1) is 19.1 Å². The summed E-state index contributed by atoms with van der Waals surface area (Å²) in [5.74, 6) is -0.641. The Hall–Kier alpha value is -4.38. The van der Waals surface area contributed by atoms with E-state index in [4.69, 9.17) is 13.9 Å².